The minimum absolute atomic E-state index is 0.110. The lowest BCUT2D eigenvalue weighted by Crippen LogP contribution is -2.53. The van der Waals surface area contributed by atoms with E-state index in [0.29, 0.717) is 18.0 Å². The summed E-state index contributed by atoms with van der Waals surface area (Å²) in [5.74, 6) is 0.724. The van der Waals surface area contributed by atoms with E-state index in [2.05, 4.69) is 31.4 Å². The van der Waals surface area contributed by atoms with Gasteiger partial charge in [-0.3, -0.25) is 4.79 Å². The molecule has 3 heteroatoms. The number of amides is 1. The number of nitrogens with one attached hydrogen (secondary N) is 2. The monoisotopic (exact) mass is 212 g/mol. The average molecular weight is 212 g/mol. The Labute approximate surface area is 93.0 Å². The van der Waals surface area contributed by atoms with Crippen molar-refractivity contribution >= 4 is 5.91 Å². The lowest BCUT2D eigenvalue weighted by atomic mass is 9.94. The van der Waals surface area contributed by atoms with Crippen LogP contribution in [0, 0.1) is 11.8 Å². The normalized spacial score (nSPS) is 28.9. The van der Waals surface area contributed by atoms with Crippen molar-refractivity contribution in [3.63, 3.8) is 0 Å². The zero-order valence-electron chi connectivity index (χ0n) is 10.3. The van der Waals surface area contributed by atoms with Gasteiger partial charge in [0, 0.05) is 18.0 Å². The number of carbonyl (C=O) groups is 1. The fraction of sp³-hybridized carbons (Fsp3) is 0.917. The van der Waals surface area contributed by atoms with E-state index in [0.717, 1.165) is 19.4 Å². The third-order valence-electron chi connectivity index (χ3n) is 3.50. The van der Waals surface area contributed by atoms with E-state index in [9.17, 15) is 4.79 Å². The van der Waals surface area contributed by atoms with Crippen LogP contribution in [0.2, 0.25) is 0 Å². The SMILES string of the molecule is CC(C)C(C)C(=O)NC1CCCNC1C. The molecular weight excluding hydrogens is 188 g/mol. The lowest BCUT2D eigenvalue weighted by Gasteiger charge is -2.32. The number of hydrogen-bond acceptors (Lipinski definition) is 2. The number of carbonyl (C=O) groups excluding carboxylic acids is 1. The average Bonchev–Trinajstić information content (AvgIpc) is 2.20. The van der Waals surface area contributed by atoms with Crippen LogP contribution in [0.25, 0.3) is 0 Å². The van der Waals surface area contributed by atoms with Crippen molar-refractivity contribution < 1.29 is 4.79 Å². The highest BCUT2D eigenvalue weighted by Gasteiger charge is 2.25. The van der Waals surface area contributed by atoms with Gasteiger partial charge in [0.05, 0.1) is 0 Å². The summed E-state index contributed by atoms with van der Waals surface area (Å²) in [6.45, 7) is 9.40. The Kier molecular flexibility index (Phi) is 4.58. The number of rotatable bonds is 3. The maximum absolute atomic E-state index is 11.9. The van der Waals surface area contributed by atoms with Crippen LogP contribution in [0.3, 0.4) is 0 Å². The highest BCUT2D eigenvalue weighted by atomic mass is 16.1. The van der Waals surface area contributed by atoms with Gasteiger partial charge in [-0.15, -0.1) is 0 Å². The Morgan fingerprint density at radius 2 is 2.07 bits per heavy atom. The maximum Gasteiger partial charge on any atom is 0.223 e. The van der Waals surface area contributed by atoms with E-state index < -0.39 is 0 Å². The predicted octanol–water partition coefficient (Wildman–Crippen LogP) is 1.54. The highest BCUT2D eigenvalue weighted by molar-refractivity contribution is 5.78. The maximum atomic E-state index is 11.9. The van der Waals surface area contributed by atoms with Crippen molar-refractivity contribution in [2.45, 2.75) is 52.6 Å². The van der Waals surface area contributed by atoms with Crippen LogP contribution in [0.5, 0.6) is 0 Å². The van der Waals surface area contributed by atoms with Gasteiger partial charge >= 0.3 is 0 Å². The van der Waals surface area contributed by atoms with Crippen molar-refractivity contribution in [1.29, 1.82) is 0 Å². The summed E-state index contributed by atoms with van der Waals surface area (Å²) in [5, 5.41) is 6.54. The van der Waals surface area contributed by atoms with Crippen LogP contribution in [0.4, 0.5) is 0 Å². The lowest BCUT2D eigenvalue weighted by molar-refractivity contribution is -0.126. The van der Waals surface area contributed by atoms with Crippen LogP contribution < -0.4 is 10.6 Å². The van der Waals surface area contributed by atoms with E-state index >= 15 is 0 Å². The molecule has 1 amide bonds. The van der Waals surface area contributed by atoms with Crippen molar-refractivity contribution in [3.05, 3.63) is 0 Å². The molecule has 0 aromatic heterocycles. The molecule has 3 atom stereocenters. The summed E-state index contributed by atoms with van der Waals surface area (Å²) in [7, 11) is 0. The molecule has 3 unspecified atom stereocenters. The number of hydrogen-bond donors (Lipinski definition) is 2. The smallest absolute Gasteiger partial charge is 0.223 e. The highest BCUT2D eigenvalue weighted by Crippen LogP contribution is 2.13. The van der Waals surface area contributed by atoms with E-state index in [-0.39, 0.29) is 11.8 Å². The minimum Gasteiger partial charge on any atom is -0.352 e. The first-order chi connectivity index (χ1) is 7.02. The van der Waals surface area contributed by atoms with Gasteiger partial charge in [0.2, 0.25) is 5.91 Å². The molecule has 0 saturated carbocycles. The van der Waals surface area contributed by atoms with Gasteiger partial charge in [0.1, 0.15) is 0 Å². The molecule has 0 aliphatic carbocycles. The standard InChI is InChI=1S/C12H24N2O/c1-8(2)9(3)12(15)14-11-6-5-7-13-10(11)4/h8-11,13H,5-7H2,1-4H3,(H,14,15). The summed E-state index contributed by atoms with van der Waals surface area (Å²) in [6.07, 6.45) is 2.26. The van der Waals surface area contributed by atoms with Gasteiger partial charge in [-0.25, -0.2) is 0 Å². The summed E-state index contributed by atoms with van der Waals surface area (Å²) in [4.78, 5) is 11.9. The van der Waals surface area contributed by atoms with Crippen LogP contribution in [-0.2, 0) is 4.79 Å². The van der Waals surface area contributed by atoms with Crippen LogP contribution >= 0.6 is 0 Å². The molecule has 1 fully saturated rings. The van der Waals surface area contributed by atoms with Crippen molar-refractivity contribution in [2.24, 2.45) is 11.8 Å². The Morgan fingerprint density at radius 1 is 1.40 bits per heavy atom. The Hall–Kier alpha value is -0.570. The van der Waals surface area contributed by atoms with E-state index in [1.54, 1.807) is 0 Å². The molecule has 0 bridgehead atoms. The van der Waals surface area contributed by atoms with Gasteiger partial charge in [0.25, 0.3) is 0 Å². The van der Waals surface area contributed by atoms with Crippen molar-refractivity contribution in [1.82, 2.24) is 10.6 Å². The van der Waals surface area contributed by atoms with E-state index in [4.69, 9.17) is 0 Å². The molecule has 0 spiro atoms. The number of piperidine rings is 1. The molecule has 1 rings (SSSR count). The molecule has 1 saturated heterocycles. The molecule has 2 N–H and O–H groups in total. The molecule has 1 aliphatic rings. The summed E-state index contributed by atoms with van der Waals surface area (Å²) < 4.78 is 0. The summed E-state index contributed by atoms with van der Waals surface area (Å²) in [6, 6.07) is 0.717. The zero-order chi connectivity index (χ0) is 11.4. The largest absolute Gasteiger partial charge is 0.352 e. The van der Waals surface area contributed by atoms with Crippen molar-refractivity contribution in [2.75, 3.05) is 6.54 Å². The topological polar surface area (TPSA) is 41.1 Å². The zero-order valence-corrected chi connectivity index (χ0v) is 10.3. The molecule has 0 aromatic rings. The molecule has 0 aromatic carbocycles. The first kappa shape index (κ1) is 12.5. The summed E-state index contributed by atoms with van der Waals surface area (Å²) in [5.41, 5.74) is 0. The third-order valence-corrected chi connectivity index (χ3v) is 3.50. The van der Waals surface area contributed by atoms with Gasteiger partial charge in [-0.05, 0) is 32.2 Å². The molecule has 1 heterocycles. The first-order valence-electron chi connectivity index (χ1n) is 6.06. The van der Waals surface area contributed by atoms with Crippen LogP contribution in [-0.4, -0.2) is 24.5 Å². The van der Waals surface area contributed by atoms with Gasteiger partial charge in [-0.2, -0.15) is 0 Å². The fourth-order valence-corrected chi connectivity index (χ4v) is 1.86. The Balaban J connectivity index is 2.42. The predicted molar refractivity (Wildman–Crippen MR) is 62.6 cm³/mol. The molecule has 0 radical (unpaired) electrons. The van der Waals surface area contributed by atoms with Gasteiger partial charge in [0.15, 0.2) is 0 Å². The third kappa shape index (κ3) is 3.49. The molecule has 88 valence electrons. The van der Waals surface area contributed by atoms with Crippen LogP contribution in [0.15, 0.2) is 0 Å². The Morgan fingerprint density at radius 3 is 2.60 bits per heavy atom. The molecule has 1 aliphatic heterocycles. The molecule has 15 heavy (non-hydrogen) atoms. The first-order valence-corrected chi connectivity index (χ1v) is 6.06. The Bertz CT molecular complexity index is 216. The van der Waals surface area contributed by atoms with Gasteiger partial charge in [-0.1, -0.05) is 20.8 Å². The second-order valence-corrected chi connectivity index (χ2v) is 5.03. The molecular formula is C12H24N2O. The van der Waals surface area contributed by atoms with Gasteiger partial charge < -0.3 is 10.6 Å². The van der Waals surface area contributed by atoms with Crippen molar-refractivity contribution in [3.8, 4) is 0 Å². The second-order valence-electron chi connectivity index (χ2n) is 5.03. The van der Waals surface area contributed by atoms with E-state index in [1.165, 1.54) is 0 Å². The minimum atomic E-state index is 0.110. The quantitative estimate of drug-likeness (QED) is 0.745. The second kappa shape index (κ2) is 5.50. The fourth-order valence-electron chi connectivity index (χ4n) is 1.86. The molecule has 3 nitrogen and oxygen atoms in total. The summed E-state index contributed by atoms with van der Waals surface area (Å²) >= 11 is 0. The van der Waals surface area contributed by atoms with E-state index in [1.807, 2.05) is 6.92 Å². The van der Waals surface area contributed by atoms with Crippen LogP contribution in [0.1, 0.15) is 40.5 Å².